The third-order valence-corrected chi connectivity index (χ3v) is 6.69. The number of hydrogen-bond donors (Lipinski definition) is 2. The minimum absolute atomic E-state index is 0.307. The second kappa shape index (κ2) is 8.74. The number of fused-ring (bicyclic) bond motifs is 2. The molecule has 1 aliphatic heterocycles. The quantitative estimate of drug-likeness (QED) is 0.448. The van der Waals surface area contributed by atoms with E-state index in [4.69, 9.17) is 4.74 Å². The molecule has 1 saturated heterocycles. The summed E-state index contributed by atoms with van der Waals surface area (Å²) in [7, 11) is 0. The fraction of sp³-hybridized carbons (Fsp3) is 0.333. The van der Waals surface area contributed by atoms with E-state index in [1.165, 1.54) is 16.3 Å². The first-order chi connectivity index (χ1) is 15.2. The Morgan fingerprint density at radius 3 is 2.81 bits per heavy atom. The first-order valence-electron chi connectivity index (χ1n) is 11.3. The van der Waals surface area contributed by atoms with Crippen molar-refractivity contribution in [3.05, 3.63) is 78.5 Å². The molecule has 0 unspecified atom stereocenters. The molecular formula is C27H30N2O2. The van der Waals surface area contributed by atoms with Crippen LogP contribution in [-0.2, 0) is 0 Å². The number of hydrogen-bond acceptors (Lipinski definition) is 3. The molecule has 1 aromatic heterocycles. The summed E-state index contributed by atoms with van der Waals surface area (Å²) >= 11 is 0. The van der Waals surface area contributed by atoms with E-state index < -0.39 is 6.10 Å². The van der Waals surface area contributed by atoms with Crippen molar-refractivity contribution in [2.24, 2.45) is 0 Å². The number of benzene rings is 3. The predicted molar refractivity (Wildman–Crippen MR) is 127 cm³/mol. The molecule has 5 rings (SSSR count). The molecule has 4 heteroatoms. The van der Waals surface area contributed by atoms with Gasteiger partial charge in [0, 0.05) is 29.7 Å². The van der Waals surface area contributed by atoms with Crippen molar-refractivity contribution in [1.82, 2.24) is 9.88 Å². The van der Waals surface area contributed by atoms with Gasteiger partial charge in [-0.05, 0) is 66.8 Å². The summed E-state index contributed by atoms with van der Waals surface area (Å²) < 4.78 is 5.95. The smallest absolute Gasteiger partial charge is 0.128 e. The average Bonchev–Trinajstić information content (AvgIpc) is 3.28. The van der Waals surface area contributed by atoms with E-state index in [1.807, 2.05) is 30.5 Å². The fourth-order valence-corrected chi connectivity index (χ4v) is 4.95. The molecule has 1 fully saturated rings. The summed E-state index contributed by atoms with van der Waals surface area (Å²) in [6.07, 6.45) is 3.65. The van der Waals surface area contributed by atoms with Gasteiger partial charge in [-0.2, -0.15) is 0 Å². The average molecular weight is 415 g/mol. The van der Waals surface area contributed by atoms with Crippen molar-refractivity contribution in [2.75, 3.05) is 19.7 Å². The summed E-state index contributed by atoms with van der Waals surface area (Å²) in [6, 6.07) is 23.9. The summed E-state index contributed by atoms with van der Waals surface area (Å²) in [4.78, 5) is 5.60. The predicted octanol–water partition coefficient (Wildman–Crippen LogP) is 5.33. The highest BCUT2D eigenvalue weighted by atomic mass is 16.5. The molecule has 0 amide bonds. The van der Waals surface area contributed by atoms with Crippen LogP contribution >= 0.6 is 0 Å². The van der Waals surface area contributed by atoms with Crippen LogP contribution in [0.4, 0.5) is 0 Å². The van der Waals surface area contributed by atoms with Gasteiger partial charge in [-0.25, -0.2) is 0 Å². The maximum atomic E-state index is 10.6. The maximum Gasteiger partial charge on any atom is 0.128 e. The van der Waals surface area contributed by atoms with Crippen LogP contribution in [-0.4, -0.2) is 46.8 Å². The van der Waals surface area contributed by atoms with Crippen molar-refractivity contribution in [2.45, 2.75) is 37.8 Å². The normalized spacial score (nSPS) is 20.8. The first-order valence-corrected chi connectivity index (χ1v) is 11.3. The van der Waals surface area contributed by atoms with E-state index in [2.05, 4.69) is 59.3 Å². The monoisotopic (exact) mass is 414 g/mol. The lowest BCUT2D eigenvalue weighted by Crippen LogP contribution is -2.45. The van der Waals surface area contributed by atoms with Gasteiger partial charge in [-0.15, -0.1) is 0 Å². The molecule has 0 aliphatic carbocycles. The Labute approximate surface area is 183 Å². The molecule has 3 atom stereocenters. The Balaban J connectivity index is 1.17. The summed E-state index contributed by atoms with van der Waals surface area (Å²) in [5, 5.41) is 14.3. The van der Waals surface area contributed by atoms with Crippen LogP contribution in [0.25, 0.3) is 21.7 Å². The van der Waals surface area contributed by atoms with Gasteiger partial charge >= 0.3 is 0 Å². The molecule has 31 heavy (non-hydrogen) atoms. The molecule has 0 radical (unpaired) electrons. The minimum Gasteiger partial charge on any atom is -0.490 e. The number of rotatable bonds is 6. The highest BCUT2D eigenvalue weighted by Crippen LogP contribution is 2.33. The summed E-state index contributed by atoms with van der Waals surface area (Å²) in [6.45, 7) is 4.24. The van der Waals surface area contributed by atoms with Crippen LogP contribution in [0.3, 0.4) is 0 Å². The SMILES string of the molecule is C[C@H]1C[C@H](c2ccc3ccccc3c2)CCN1C[C@H](O)COc1cccc2[nH]ccc12. The Morgan fingerprint density at radius 1 is 1.06 bits per heavy atom. The van der Waals surface area contributed by atoms with Crippen LogP contribution in [0.2, 0.25) is 0 Å². The third-order valence-electron chi connectivity index (χ3n) is 6.69. The number of aromatic amines is 1. The number of nitrogens with zero attached hydrogens (tertiary/aromatic N) is 1. The number of piperidine rings is 1. The lowest BCUT2D eigenvalue weighted by molar-refractivity contribution is 0.0406. The number of H-pyrrole nitrogens is 1. The van der Waals surface area contributed by atoms with Gasteiger partial charge in [0.15, 0.2) is 0 Å². The van der Waals surface area contributed by atoms with Crippen molar-refractivity contribution in [1.29, 1.82) is 0 Å². The number of aliphatic hydroxyl groups is 1. The van der Waals surface area contributed by atoms with E-state index in [9.17, 15) is 5.11 Å². The molecule has 2 heterocycles. The number of aromatic nitrogens is 1. The van der Waals surface area contributed by atoms with Crippen LogP contribution in [0, 0.1) is 0 Å². The molecule has 0 bridgehead atoms. The highest BCUT2D eigenvalue weighted by Gasteiger charge is 2.28. The molecule has 0 saturated carbocycles. The molecule has 4 aromatic rings. The van der Waals surface area contributed by atoms with Gasteiger partial charge < -0.3 is 14.8 Å². The fourth-order valence-electron chi connectivity index (χ4n) is 4.95. The topological polar surface area (TPSA) is 48.5 Å². The van der Waals surface area contributed by atoms with Crippen LogP contribution in [0.1, 0.15) is 31.2 Å². The van der Waals surface area contributed by atoms with Crippen molar-refractivity contribution in [3.8, 4) is 5.75 Å². The van der Waals surface area contributed by atoms with Gasteiger partial charge in [-0.1, -0.05) is 48.5 Å². The van der Waals surface area contributed by atoms with Crippen LogP contribution in [0.15, 0.2) is 72.9 Å². The zero-order valence-corrected chi connectivity index (χ0v) is 18.0. The van der Waals surface area contributed by atoms with E-state index >= 15 is 0 Å². The lowest BCUT2D eigenvalue weighted by Gasteiger charge is -2.39. The number of β-amino-alcohol motifs (C(OH)–C–C–N with tert-alkyl or cyclic N) is 1. The Bertz CT molecular complexity index is 1170. The van der Waals surface area contributed by atoms with Crippen molar-refractivity contribution < 1.29 is 9.84 Å². The van der Waals surface area contributed by atoms with Gasteiger partial charge in [0.1, 0.15) is 18.5 Å². The standard InChI is InChI=1S/C27H30N2O2/c1-19-15-23(22-10-9-20-5-2-3-6-21(20)16-22)12-14-29(19)17-24(30)18-31-27-8-4-7-26-25(27)11-13-28-26/h2-11,13,16,19,23-24,28,30H,12,14-15,17-18H2,1H3/t19-,23+,24-/m0/s1. The Morgan fingerprint density at radius 2 is 1.94 bits per heavy atom. The van der Waals surface area contributed by atoms with Crippen LogP contribution < -0.4 is 4.74 Å². The number of ether oxygens (including phenoxy) is 1. The summed E-state index contributed by atoms with van der Waals surface area (Å²) in [5.41, 5.74) is 2.49. The molecular weight excluding hydrogens is 384 g/mol. The molecule has 4 nitrogen and oxygen atoms in total. The Hall–Kier alpha value is -2.82. The second-order valence-corrected chi connectivity index (χ2v) is 8.83. The van der Waals surface area contributed by atoms with Gasteiger partial charge in [0.25, 0.3) is 0 Å². The largest absolute Gasteiger partial charge is 0.490 e. The van der Waals surface area contributed by atoms with Gasteiger partial charge in [0.2, 0.25) is 0 Å². The van der Waals surface area contributed by atoms with E-state index in [0.29, 0.717) is 25.1 Å². The maximum absolute atomic E-state index is 10.6. The number of aliphatic hydroxyl groups excluding tert-OH is 1. The van der Waals surface area contributed by atoms with Crippen LogP contribution in [0.5, 0.6) is 5.75 Å². The Kier molecular flexibility index (Phi) is 5.66. The third kappa shape index (κ3) is 4.32. The summed E-state index contributed by atoms with van der Waals surface area (Å²) in [5.74, 6) is 1.40. The highest BCUT2D eigenvalue weighted by molar-refractivity contribution is 5.85. The van der Waals surface area contributed by atoms with E-state index in [-0.39, 0.29) is 0 Å². The second-order valence-electron chi connectivity index (χ2n) is 8.83. The van der Waals surface area contributed by atoms with Crippen molar-refractivity contribution >= 4 is 21.7 Å². The van der Waals surface area contributed by atoms with Crippen molar-refractivity contribution in [3.63, 3.8) is 0 Å². The first kappa shape index (κ1) is 20.1. The zero-order chi connectivity index (χ0) is 21.2. The molecule has 0 spiro atoms. The lowest BCUT2D eigenvalue weighted by atomic mass is 9.85. The number of nitrogens with one attached hydrogen (secondary N) is 1. The molecule has 1 aliphatic rings. The minimum atomic E-state index is -0.506. The van der Waals surface area contributed by atoms with E-state index in [1.54, 1.807) is 0 Å². The molecule has 160 valence electrons. The van der Waals surface area contributed by atoms with E-state index in [0.717, 1.165) is 36.0 Å². The molecule has 2 N–H and O–H groups in total. The zero-order valence-electron chi connectivity index (χ0n) is 18.0. The number of likely N-dealkylation sites (tertiary alicyclic amines) is 1. The van der Waals surface area contributed by atoms with Gasteiger partial charge in [0.05, 0.1) is 0 Å². The van der Waals surface area contributed by atoms with Gasteiger partial charge in [-0.3, -0.25) is 4.90 Å². The molecule has 3 aromatic carbocycles.